The molecule has 21 heavy (non-hydrogen) atoms. The first kappa shape index (κ1) is 17.1. The second-order valence-electron chi connectivity index (χ2n) is 4.50. The van der Waals surface area contributed by atoms with Gasteiger partial charge in [0, 0.05) is 30.9 Å². The lowest BCUT2D eigenvalue weighted by Gasteiger charge is -2.28. The highest BCUT2D eigenvalue weighted by Gasteiger charge is 2.20. The molecule has 9 heteroatoms. The Kier molecular flexibility index (Phi) is 6.27. The van der Waals surface area contributed by atoms with Gasteiger partial charge in [-0.1, -0.05) is 0 Å². The maximum Gasteiger partial charge on any atom is 0.673 e. The van der Waals surface area contributed by atoms with E-state index in [2.05, 4.69) is 9.88 Å². The van der Waals surface area contributed by atoms with Crippen molar-refractivity contribution in [2.75, 3.05) is 25.1 Å². The van der Waals surface area contributed by atoms with Crippen LogP contribution in [-0.4, -0.2) is 27.5 Å². The number of hydrogen-bond acceptors (Lipinski definition) is 3. The molecule has 0 bridgehead atoms. The summed E-state index contributed by atoms with van der Waals surface area (Å²) in [4.78, 5) is 5.52. The molecular formula is C12H16BF4N3O. The Bertz CT molecular complexity index is 492. The number of nitrogens with zero attached hydrogens (tertiary/aromatic N) is 3. The highest BCUT2D eigenvalue weighted by atomic mass is 19.5. The van der Waals surface area contributed by atoms with Gasteiger partial charge in [0.15, 0.2) is 4.98 Å². The van der Waals surface area contributed by atoms with E-state index in [-0.39, 0.29) is 0 Å². The highest BCUT2D eigenvalue weighted by Crippen LogP contribution is 2.32. The molecule has 4 nitrogen and oxygen atoms in total. The summed E-state index contributed by atoms with van der Waals surface area (Å²) in [6, 6.07) is 5.69. The summed E-state index contributed by atoms with van der Waals surface area (Å²) in [6.07, 6.45) is 3.81. The molecule has 2 rings (SSSR count). The Morgan fingerprint density at radius 2 is 1.71 bits per heavy atom. The number of methoxy groups -OCH3 is 1. The number of ether oxygens (including phenoxy) is 1. The maximum absolute atomic E-state index is 9.75. The van der Waals surface area contributed by atoms with Gasteiger partial charge in [0.05, 0.1) is 7.11 Å². The van der Waals surface area contributed by atoms with Gasteiger partial charge in [0.1, 0.15) is 0 Å². The van der Waals surface area contributed by atoms with Gasteiger partial charge in [-0.3, -0.25) is 0 Å². The molecule has 1 aliphatic heterocycles. The van der Waals surface area contributed by atoms with E-state index in [0.29, 0.717) is 11.4 Å². The van der Waals surface area contributed by atoms with Crippen LogP contribution in [0.4, 0.5) is 28.6 Å². The van der Waals surface area contributed by atoms with Crippen molar-refractivity contribution in [2.45, 2.75) is 19.3 Å². The molecule has 1 heterocycles. The average Bonchev–Trinajstić information content (AvgIpc) is 2.45. The molecule has 1 aromatic carbocycles. The van der Waals surface area contributed by atoms with E-state index in [1.54, 1.807) is 13.2 Å². The summed E-state index contributed by atoms with van der Waals surface area (Å²) in [7, 11) is -4.41. The first-order valence-electron chi connectivity index (χ1n) is 6.50. The van der Waals surface area contributed by atoms with Crippen LogP contribution in [0.25, 0.3) is 4.98 Å². The van der Waals surface area contributed by atoms with E-state index in [9.17, 15) is 17.3 Å². The average molecular weight is 305 g/mol. The smallest absolute Gasteiger partial charge is 0.489 e. The monoisotopic (exact) mass is 305 g/mol. The van der Waals surface area contributed by atoms with Crippen molar-refractivity contribution in [2.24, 2.45) is 0 Å². The van der Waals surface area contributed by atoms with Crippen molar-refractivity contribution in [3.8, 4) is 5.75 Å². The minimum Gasteiger partial charge on any atom is -0.489 e. The molecule has 0 unspecified atom stereocenters. The third-order valence-corrected chi connectivity index (χ3v) is 2.99. The third kappa shape index (κ3) is 6.34. The minimum atomic E-state index is -6.00. The van der Waals surface area contributed by atoms with E-state index in [1.807, 2.05) is 12.1 Å². The summed E-state index contributed by atoms with van der Waals surface area (Å²) in [5, 5.41) is 8.78. The van der Waals surface area contributed by atoms with Gasteiger partial charge in [-0.05, 0) is 25.3 Å². The lowest BCUT2D eigenvalue weighted by molar-refractivity contribution is 0.368. The number of halogens is 4. The molecular weight excluding hydrogens is 289 g/mol. The molecule has 0 radical (unpaired) electrons. The standard InChI is InChI=1S/C12H16N3O.BF4/c1-16-12-9-10(5-6-11(12)14-13)15-7-3-2-4-8-15;2-1(3,4)5/h5-6,9H,2-4,7-8H2,1H3;/q+1;-1. The Balaban J connectivity index is 0.000000383. The van der Waals surface area contributed by atoms with Gasteiger partial charge < -0.3 is 26.9 Å². The van der Waals surface area contributed by atoms with Gasteiger partial charge in [-0.15, -0.1) is 0 Å². The molecule has 0 saturated carbocycles. The number of piperidine rings is 1. The predicted molar refractivity (Wildman–Crippen MR) is 74.0 cm³/mol. The number of benzene rings is 1. The topological polar surface area (TPSA) is 40.6 Å². The Morgan fingerprint density at radius 3 is 2.19 bits per heavy atom. The fourth-order valence-electron chi connectivity index (χ4n) is 2.10. The molecule has 1 aromatic rings. The van der Waals surface area contributed by atoms with E-state index >= 15 is 0 Å². The Morgan fingerprint density at radius 1 is 1.14 bits per heavy atom. The van der Waals surface area contributed by atoms with Crippen LogP contribution in [0.3, 0.4) is 0 Å². The SMILES string of the molecule is COc1cc(N2CCCCC2)ccc1[N+]#N.F[B-](F)(F)F. The summed E-state index contributed by atoms with van der Waals surface area (Å²) in [6.45, 7) is 2.19. The number of hydrogen-bond donors (Lipinski definition) is 0. The van der Waals surface area contributed by atoms with Crippen LogP contribution in [0.5, 0.6) is 5.75 Å². The fraction of sp³-hybridized carbons (Fsp3) is 0.500. The van der Waals surface area contributed by atoms with Gasteiger partial charge in [-0.2, -0.15) is 0 Å². The van der Waals surface area contributed by atoms with Crippen LogP contribution in [0, 0.1) is 5.39 Å². The summed E-state index contributed by atoms with van der Waals surface area (Å²) in [5.41, 5.74) is 1.62. The summed E-state index contributed by atoms with van der Waals surface area (Å²) in [5.74, 6) is 0.616. The second-order valence-corrected chi connectivity index (χ2v) is 4.50. The van der Waals surface area contributed by atoms with E-state index in [0.717, 1.165) is 18.8 Å². The number of rotatable bonds is 2. The third-order valence-electron chi connectivity index (χ3n) is 2.99. The van der Waals surface area contributed by atoms with Crippen molar-refractivity contribution < 1.29 is 22.0 Å². The molecule has 1 fully saturated rings. The van der Waals surface area contributed by atoms with Crippen molar-refractivity contribution in [3.63, 3.8) is 0 Å². The van der Waals surface area contributed by atoms with E-state index in [1.165, 1.54) is 19.3 Å². The van der Waals surface area contributed by atoms with Gasteiger partial charge in [0.25, 0.3) is 0 Å². The van der Waals surface area contributed by atoms with Crippen LogP contribution < -0.4 is 9.64 Å². The van der Waals surface area contributed by atoms with Gasteiger partial charge >= 0.3 is 12.9 Å². The molecule has 1 aliphatic rings. The second kappa shape index (κ2) is 7.71. The van der Waals surface area contributed by atoms with Crippen LogP contribution in [-0.2, 0) is 0 Å². The zero-order valence-electron chi connectivity index (χ0n) is 11.6. The molecule has 1 saturated heterocycles. The molecule has 0 amide bonds. The van der Waals surface area contributed by atoms with Crippen LogP contribution >= 0.6 is 0 Å². The Hall–Kier alpha value is -1.98. The highest BCUT2D eigenvalue weighted by molar-refractivity contribution is 6.50. The van der Waals surface area contributed by atoms with Crippen LogP contribution in [0.2, 0.25) is 0 Å². The molecule has 0 atom stereocenters. The van der Waals surface area contributed by atoms with Crippen molar-refractivity contribution in [1.82, 2.24) is 0 Å². The first-order chi connectivity index (χ1) is 9.85. The normalized spacial score (nSPS) is 14.8. The molecule has 0 N–H and O–H groups in total. The van der Waals surface area contributed by atoms with Gasteiger partial charge in [0.2, 0.25) is 11.1 Å². The van der Waals surface area contributed by atoms with Crippen LogP contribution in [0.15, 0.2) is 18.2 Å². The molecule has 0 spiro atoms. The van der Waals surface area contributed by atoms with E-state index in [4.69, 9.17) is 10.1 Å². The quantitative estimate of drug-likeness (QED) is 0.460. The summed E-state index contributed by atoms with van der Waals surface area (Å²) < 4.78 is 44.2. The Labute approximate surface area is 120 Å². The lowest BCUT2D eigenvalue weighted by atomic mass is 10.1. The largest absolute Gasteiger partial charge is 0.673 e. The zero-order valence-corrected chi connectivity index (χ0v) is 11.6. The van der Waals surface area contributed by atoms with Crippen molar-refractivity contribution in [1.29, 1.82) is 5.39 Å². The zero-order chi connectivity index (χ0) is 15.9. The minimum absolute atomic E-state index is 0.475. The lowest BCUT2D eigenvalue weighted by Crippen LogP contribution is -2.29. The number of diazo groups is 1. The summed E-state index contributed by atoms with van der Waals surface area (Å²) >= 11 is 0. The molecule has 0 aromatic heterocycles. The molecule has 0 aliphatic carbocycles. The number of anilines is 1. The predicted octanol–water partition coefficient (Wildman–Crippen LogP) is 4.47. The first-order valence-corrected chi connectivity index (χ1v) is 6.50. The van der Waals surface area contributed by atoms with Crippen molar-refractivity contribution in [3.05, 3.63) is 23.2 Å². The van der Waals surface area contributed by atoms with E-state index < -0.39 is 7.25 Å². The van der Waals surface area contributed by atoms with Crippen molar-refractivity contribution >= 4 is 18.6 Å². The fourth-order valence-corrected chi connectivity index (χ4v) is 2.10. The van der Waals surface area contributed by atoms with Crippen LogP contribution in [0.1, 0.15) is 19.3 Å². The van der Waals surface area contributed by atoms with Gasteiger partial charge in [-0.25, -0.2) is 0 Å². The molecule has 116 valence electrons. The maximum atomic E-state index is 9.75.